The number of nitrogens with one attached hydrogen (secondary N) is 1. The first-order valence-corrected chi connectivity index (χ1v) is 8.50. The monoisotopic (exact) mass is 298 g/mol. The standard InChI is InChI=1S/C15H26N2O2S/c1-6-8-9-10-11-12(13(18)19-7-2)15(3,4)17-14(16-11)20-5/h6-10H2,1-5H3,(H,16,17). The maximum atomic E-state index is 12.3. The molecule has 4 nitrogen and oxygen atoms in total. The lowest BCUT2D eigenvalue weighted by Gasteiger charge is -2.31. The lowest BCUT2D eigenvalue weighted by Crippen LogP contribution is -2.40. The highest BCUT2D eigenvalue weighted by Gasteiger charge is 2.36. The van der Waals surface area contributed by atoms with E-state index < -0.39 is 5.54 Å². The van der Waals surface area contributed by atoms with Gasteiger partial charge in [-0.1, -0.05) is 31.5 Å². The van der Waals surface area contributed by atoms with E-state index in [-0.39, 0.29) is 5.97 Å². The number of carbonyl (C=O) groups excluding carboxylic acids is 1. The van der Waals surface area contributed by atoms with E-state index in [2.05, 4.69) is 17.2 Å². The van der Waals surface area contributed by atoms with Gasteiger partial charge in [0.05, 0.1) is 17.7 Å². The number of ether oxygens (including phenoxy) is 1. The van der Waals surface area contributed by atoms with Crippen LogP contribution in [0.5, 0.6) is 0 Å². The van der Waals surface area contributed by atoms with Gasteiger partial charge in [0.1, 0.15) is 0 Å². The number of esters is 1. The highest BCUT2D eigenvalue weighted by molar-refractivity contribution is 8.13. The summed E-state index contributed by atoms with van der Waals surface area (Å²) in [5.74, 6) is -0.250. The summed E-state index contributed by atoms with van der Waals surface area (Å²) in [4.78, 5) is 16.9. The van der Waals surface area contributed by atoms with E-state index in [0.29, 0.717) is 12.2 Å². The Kier molecular flexibility index (Phi) is 6.59. The van der Waals surface area contributed by atoms with Gasteiger partial charge in [-0.05, 0) is 39.9 Å². The summed E-state index contributed by atoms with van der Waals surface area (Å²) < 4.78 is 5.21. The molecule has 0 fully saturated rings. The quantitative estimate of drug-likeness (QED) is 0.602. The minimum atomic E-state index is -0.530. The van der Waals surface area contributed by atoms with Crippen molar-refractivity contribution in [2.24, 2.45) is 4.99 Å². The van der Waals surface area contributed by atoms with Crippen LogP contribution in [0.3, 0.4) is 0 Å². The zero-order valence-electron chi connectivity index (χ0n) is 13.2. The molecule has 20 heavy (non-hydrogen) atoms. The van der Waals surface area contributed by atoms with Gasteiger partial charge in [-0.15, -0.1) is 0 Å². The number of hydrogen-bond acceptors (Lipinski definition) is 5. The second-order valence-electron chi connectivity index (χ2n) is 5.34. The molecule has 5 heteroatoms. The maximum Gasteiger partial charge on any atom is 0.338 e. The van der Waals surface area contributed by atoms with Gasteiger partial charge >= 0.3 is 5.97 Å². The van der Waals surface area contributed by atoms with Crippen molar-refractivity contribution in [2.75, 3.05) is 12.9 Å². The van der Waals surface area contributed by atoms with Crippen LogP contribution in [0.15, 0.2) is 16.3 Å². The first-order valence-electron chi connectivity index (χ1n) is 7.27. The molecule has 1 aliphatic rings. The highest BCUT2D eigenvalue weighted by atomic mass is 32.2. The Morgan fingerprint density at radius 3 is 2.60 bits per heavy atom. The molecule has 1 N–H and O–H groups in total. The van der Waals surface area contributed by atoms with E-state index in [0.717, 1.165) is 36.5 Å². The van der Waals surface area contributed by atoms with Gasteiger partial charge in [-0.3, -0.25) is 4.99 Å². The fourth-order valence-corrected chi connectivity index (χ4v) is 2.86. The number of rotatable bonds is 6. The third kappa shape index (κ3) is 4.27. The number of allylic oxidation sites excluding steroid dienone is 1. The normalized spacial score (nSPS) is 17.6. The van der Waals surface area contributed by atoms with Crippen molar-refractivity contribution in [3.63, 3.8) is 0 Å². The lowest BCUT2D eigenvalue weighted by molar-refractivity contribution is -0.139. The van der Waals surface area contributed by atoms with Gasteiger partial charge < -0.3 is 10.1 Å². The van der Waals surface area contributed by atoms with Crippen molar-refractivity contribution < 1.29 is 9.53 Å². The van der Waals surface area contributed by atoms with Gasteiger partial charge in [-0.2, -0.15) is 0 Å². The van der Waals surface area contributed by atoms with Crippen molar-refractivity contribution in [1.29, 1.82) is 0 Å². The summed E-state index contributed by atoms with van der Waals surface area (Å²) in [6, 6.07) is 0. The molecule has 0 saturated heterocycles. The van der Waals surface area contributed by atoms with Crippen LogP contribution < -0.4 is 5.32 Å². The third-order valence-electron chi connectivity index (χ3n) is 3.26. The van der Waals surface area contributed by atoms with E-state index in [9.17, 15) is 4.79 Å². The molecule has 0 aromatic rings. The molecular weight excluding hydrogens is 272 g/mol. The van der Waals surface area contributed by atoms with Crippen LogP contribution in [0.2, 0.25) is 0 Å². The smallest absolute Gasteiger partial charge is 0.338 e. The van der Waals surface area contributed by atoms with Crippen molar-refractivity contribution >= 4 is 22.9 Å². The Hall–Kier alpha value is -0.970. The largest absolute Gasteiger partial charge is 0.463 e. The zero-order chi connectivity index (χ0) is 15.2. The molecule has 114 valence electrons. The predicted octanol–water partition coefficient (Wildman–Crippen LogP) is 3.48. The summed E-state index contributed by atoms with van der Waals surface area (Å²) >= 11 is 1.57. The van der Waals surface area contributed by atoms with Crippen LogP contribution in [0.4, 0.5) is 0 Å². The average Bonchev–Trinajstić information content (AvgIpc) is 2.37. The lowest BCUT2D eigenvalue weighted by atomic mass is 9.90. The highest BCUT2D eigenvalue weighted by Crippen LogP contribution is 2.31. The molecule has 1 heterocycles. The summed E-state index contributed by atoms with van der Waals surface area (Å²) in [5, 5.41) is 4.17. The van der Waals surface area contributed by atoms with E-state index >= 15 is 0 Å². The number of carbonyl (C=O) groups is 1. The van der Waals surface area contributed by atoms with Gasteiger partial charge in [0.2, 0.25) is 0 Å². The van der Waals surface area contributed by atoms with E-state index in [1.807, 2.05) is 27.0 Å². The van der Waals surface area contributed by atoms with Gasteiger partial charge in [0.15, 0.2) is 5.17 Å². The van der Waals surface area contributed by atoms with Crippen LogP contribution in [0, 0.1) is 0 Å². The molecule has 0 radical (unpaired) electrons. The van der Waals surface area contributed by atoms with E-state index in [4.69, 9.17) is 4.74 Å². The van der Waals surface area contributed by atoms with Gasteiger partial charge in [0.25, 0.3) is 0 Å². The second kappa shape index (κ2) is 7.72. The number of nitrogens with zero attached hydrogens (tertiary/aromatic N) is 1. The topological polar surface area (TPSA) is 50.7 Å². The molecule has 0 saturated carbocycles. The van der Waals surface area contributed by atoms with E-state index in [1.165, 1.54) is 0 Å². The Labute approximate surface area is 126 Å². The second-order valence-corrected chi connectivity index (χ2v) is 6.13. The molecule has 0 aromatic carbocycles. The molecule has 0 bridgehead atoms. The van der Waals surface area contributed by atoms with Crippen LogP contribution >= 0.6 is 11.8 Å². The molecule has 1 aliphatic heterocycles. The van der Waals surface area contributed by atoms with Crippen molar-refractivity contribution in [2.45, 2.75) is 58.9 Å². The molecular formula is C15H26N2O2S. The molecule has 0 spiro atoms. The molecule has 1 rings (SSSR count). The van der Waals surface area contributed by atoms with Crippen LogP contribution in [-0.4, -0.2) is 29.5 Å². The Balaban J connectivity index is 3.05. The Bertz CT molecular complexity index is 414. The molecule has 0 unspecified atom stereocenters. The van der Waals surface area contributed by atoms with Crippen LogP contribution in [0.1, 0.15) is 53.4 Å². The third-order valence-corrected chi connectivity index (χ3v) is 3.84. The van der Waals surface area contributed by atoms with Crippen LogP contribution in [-0.2, 0) is 9.53 Å². The van der Waals surface area contributed by atoms with Crippen molar-refractivity contribution in [1.82, 2.24) is 5.32 Å². The zero-order valence-corrected chi connectivity index (χ0v) is 14.0. The number of thioether (sulfide) groups is 1. The molecule has 0 amide bonds. The van der Waals surface area contributed by atoms with E-state index in [1.54, 1.807) is 11.8 Å². The molecule has 0 aliphatic carbocycles. The van der Waals surface area contributed by atoms with Crippen LogP contribution in [0.25, 0.3) is 0 Å². The summed E-state index contributed by atoms with van der Waals surface area (Å²) in [6.45, 7) is 8.33. The number of amidine groups is 1. The fraction of sp³-hybridized carbons (Fsp3) is 0.733. The van der Waals surface area contributed by atoms with Crippen molar-refractivity contribution in [3.05, 3.63) is 11.3 Å². The predicted molar refractivity (Wildman–Crippen MR) is 86.0 cm³/mol. The SMILES string of the molecule is CCCCCC1=C(C(=O)OCC)C(C)(C)N=C(SC)N1. The summed E-state index contributed by atoms with van der Waals surface area (Å²) in [7, 11) is 0. The molecule has 0 atom stereocenters. The maximum absolute atomic E-state index is 12.3. The Morgan fingerprint density at radius 1 is 1.35 bits per heavy atom. The summed E-state index contributed by atoms with van der Waals surface area (Å²) in [5.41, 5.74) is 1.12. The minimum Gasteiger partial charge on any atom is -0.463 e. The number of hydrogen-bond donors (Lipinski definition) is 1. The van der Waals surface area contributed by atoms with Gasteiger partial charge in [-0.25, -0.2) is 4.79 Å². The van der Waals surface area contributed by atoms with Gasteiger partial charge in [0, 0.05) is 5.70 Å². The number of aliphatic imine (C=N–C) groups is 1. The fourth-order valence-electron chi connectivity index (χ4n) is 2.31. The summed E-state index contributed by atoms with van der Waals surface area (Å²) in [6.07, 6.45) is 6.24. The Morgan fingerprint density at radius 2 is 2.05 bits per heavy atom. The average molecular weight is 298 g/mol. The molecule has 0 aromatic heterocycles. The minimum absolute atomic E-state index is 0.250. The van der Waals surface area contributed by atoms with Crippen molar-refractivity contribution in [3.8, 4) is 0 Å². The first-order chi connectivity index (χ1) is 9.46. The number of unbranched alkanes of at least 4 members (excludes halogenated alkanes) is 2. The first kappa shape index (κ1) is 17.1.